The van der Waals surface area contributed by atoms with Gasteiger partial charge in [0.15, 0.2) is 11.5 Å². The Morgan fingerprint density at radius 2 is 2.22 bits per heavy atom. The topological polar surface area (TPSA) is 99.0 Å². The third-order valence-electron chi connectivity index (χ3n) is 4.80. The van der Waals surface area contributed by atoms with Crippen LogP contribution in [0.15, 0.2) is 22.7 Å². The number of aromatic nitrogens is 2. The Kier molecular flexibility index (Phi) is 4.95. The average molecular weight is 374 g/mol. The number of likely N-dealkylation sites (tertiary alicyclic amines) is 1. The number of carbonyl (C=O) groups excluding carboxylic acids is 1. The van der Waals surface area contributed by atoms with Crippen LogP contribution in [0.25, 0.3) is 11.4 Å². The van der Waals surface area contributed by atoms with Gasteiger partial charge in [0.2, 0.25) is 24.4 Å². The first-order valence-electron chi connectivity index (χ1n) is 8.86. The van der Waals surface area contributed by atoms with Crippen molar-refractivity contribution in [1.29, 1.82) is 0 Å². The zero-order valence-electron chi connectivity index (χ0n) is 15.3. The van der Waals surface area contributed by atoms with Crippen molar-refractivity contribution in [2.24, 2.45) is 0 Å². The number of amides is 1. The van der Waals surface area contributed by atoms with Gasteiger partial charge in [0.05, 0.1) is 12.6 Å². The summed E-state index contributed by atoms with van der Waals surface area (Å²) in [4.78, 5) is 18.6. The number of likely N-dealkylation sites (N-methyl/N-ethyl adjacent to an activating group) is 1. The van der Waals surface area contributed by atoms with Crippen LogP contribution in [0.3, 0.4) is 0 Å². The summed E-state index contributed by atoms with van der Waals surface area (Å²) in [5.74, 6) is 2.42. The largest absolute Gasteiger partial charge is 0.454 e. The predicted octanol–water partition coefficient (Wildman–Crippen LogP) is 1.36. The fourth-order valence-corrected chi connectivity index (χ4v) is 3.41. The fraction of sp³-hybridized carbons (Fsp3) is 0.500. The van der Waals surface area contributed by atoms with Crippen molar-refractivity contribution >= 4 is 5.91 Å². The molecule has 0 bridgehead atoms. The molecule has 2 atom stereocenters. The third kappa shape index (κ3) is 3.74. The molecule has 0 unspecified atom stereocenters. The molecule has 0 radical (unpaired) electrons. The fourth-order valence-electron chi connectivity index (χ4n) is 3.41. The summed E-state index contributed by atoms with van der Waals surface area (Å²) in [6.45, 7) is 1.37. The minimum Gasteiger partial charge on any atom is -0.454 e. The van der Waals surface area contributed by atoms with Gasteiger partial charge in [-0.15, -0.1) is 0 Å². The molecule has 144 valence electrons. The molecule has 1 aromatic carbocycles. The molecule has 1 amide bonds. The Balaban J connectivity index is 1.43. The molecule has 2 aliphatic heterocycles. The number of rotatable bonds is 6. The Bertz CT molecular complexity index is 824. The number of hydrogen-bond donors (Lipinski definition) is 1. The van der Waals surface area contributed by atoms with Crippen molar-refractivity contribution in [2.75, 3.05) is 34.1 Å². The second-order valence-electron chi connectivity index (χ2n) is 6.72. The van der Waals surface area contributed by atoms with Gasteiger partial charge in [-0.2, -0.15) is 4.98 Å². The predicted molar refractivity (Wildman–Crippen MR) is 94.3 cm³/mol. The van der Waals surface area contributed by atoms with Gasteiger partial charge in [-0.3, -0.25) is 9.69 Å². The van der Waals surface area contributed by atoms with Crippen LogP contribution in [0.2, 0.25) is 0 Å². The summed E-state index contributed by atoms with van der Waals surface area (Å²) in [7, 11) is 3.57. The highest BCUT2D eigenvalue weighted by atomic mass is 16.7. The third-order valence-corrected chi connectivity index (χ3v) is 4.80. The second-order valence-corrected chi connectivity index (χ2v) is 6.72. The number of hydrogen-bond acceptors (Lipinski definition) is 8. The van der Waals surface area contributed by atoms with Gasteiger partial charge in [-0.1, -0.05) is 5.16 Å². The molecule has 1 fully saturated rings. The molecule has 2 aliphatic rings. The van der Waals surface area contributed by atoms with Crippen molar-refractivity contribution in [3.63, 3.8) is 0 Å². The van der Waals surface area contributed by atoms with Gasteiger partial charge < -0.3 is 24.1 Å². The van der Waals surface area contributed by atoms with Crippen molar-refractivity contribution in [1.82, 2.24) is 20.4 Å². The number of nitrogens with one attached hydrogen (secondary N) is 1. The maximum Gasteiger partial charge on any atom is 0.244 e. The van der Waals surface area contributed by atoms with E-state index in [0.29, 0.717) is 36.2 Å². The summed E-state index contributed by atoms with van der Waals surface area (Å²) < 4.78 is 21.2. The van der Waals surface area contributed by atoms with Crippen LogP contribution >= 0.6 is 0 Å². The molecule has 0 spiro atoms. The maximum absolute atomic E-state index is 11.9. The number of fused-ring (bicyclic) bond motifs is 1. The Hall–Kier alpha value is -2.65. The highest BCUT2D eigenvalue weighted by Crippen LogP contribution is 2.36. The lowest BCUT2D eigenvalue weighted by atomic mass is 10.1. The quantitative estimate of drug-likeness (QED) is 0.809. The minimum atomic E-state index is -0.0343. The Morgan fingerprint density at radius 1 is 1.37 bits per heavy atom. The molecule has 4 rings (SSSR count). The highest BCUT2D eigenvalue weighted by molar-refractivity contribution is 5.76. The second kappa shape index (κ2) is 7.53. The van der Waals surface area contributed by atoms with Crippen LogP contribution in [0.1, 0.15) is 24.8 Å². The molecular weight excluding hydrogens is 352 g/mol. The van der Waals surface area contributed by atoms with Crippen LogP contribution < -0.4 is 14.8 Å². The standard InChI is InChI=1S/C18H22N4O5/c1-22-9-12(19-16(23)5-6-24-2)8-13(22)18-20-17(21-27-18)11-3-4-14-15(7-11)26-10-25-14/h3-4,7,12-13H,5-6,8-10H2,1-2H3,(H,19,23)/t12-,13-/m0/s1. The van der Waals surface area contributed by atoms with Gasteiger partial charge in [-0.05, 0) is 31.7 Å². The summed E-state index contributed by atoms with van der Waals surface area (Å²) >= 11 is 0. The van der Waals surface area contributed by atoms with Crippen LogP contribution in [-0.4, -0.2) is 61.1 Å². The molecule has 2 aromatic rings. The van der Waals surface area contributed by atoms with Crippen LogP contribution in [0.4, 0.5) is 0 Å². The van der Waals surface area contributed by atoms with Gasteiger partial charge in [0.25, 0.3) is 0 Å². The number of methoxy groups -OCH3 is 1. The zero-order valence-corrected chi connectivity index (χ0v) is 15.3. The van der Waals surface area contributed by atoms with E-state index in [9.17, 15) is 4.79 Å². The van der Waals surface area contributed by atoms with E-state index in [-0.39, 0.29) is 24.8 Å². The lowest BCUT2D eigenvalue weighted by Gasteiger charge is -2.14. The normalized spacial score (nSPS) is 21.6. The molecule has 3 heterocycles. The van der Waals surface area contributed by atoms with Crippen LogP contribution in [0, 0.1) is 0 Å². The summed E-state index contributed by atoms with van der Waals surface area (Å²) in [5, 5.41) is 7.13. The van der Waals surface area contributed by atoms with E-state index in [1.165, 1.54) is 0 Å². The monoisotopic (exact) mass is 374 g/mol. The Morgan fingerprint density at radius 3 is 3.07 bits per heavy atom. The van der Waals surface area contributed by atoms with E-state index < -0.39 is 0 Å². The summed E-state index contributed by atoms with van der Waals surface area (Å²) in [5.41, 5.74) is 0.805. The van der Waals surface area contributed by atoms with E-state index in [1.54, 1.807) is 7.11 Å². The van der Waals surface area contributed by atoms with Gasteiger partial charge in [-0.25, -0.2) is 0 Å². The molecule has 0 saturated carbocycles. The average Bonchev–Trinajstić information content (AvgIpc) is 3.38. The Labute approximate surface area is 156 Å². The van der Waals surface area contributed by atoms with Crippen molar-refractivity contribution in [2.45, 2.75) is 24.9 Å². The SMILES string of the molecule is COCCC(=O)N[C@H]1C[C@@H](c2nc(-c3ccc4c(c3)OCO4)no2)N(C)C1. The molecule has 27 heavy (non-hydrogen) atoms. The molecule has 0 aliphatic carbocycles. The maximum atomic E-state index is 11.9. The summed E-state index contributed by atoms with van der Waals surface area (Å²) in [6.07, 6.45) is 1.08. The summed E-state index contributed by atoms with van der Waals surface area (Å²) in [6, 6.07) is 5.56. The van der Waals surface area contributed by atoms with Crippen LogP contribution in [0.5, 0.6) is 11.5 Å². The number of benzene rings is 1. The first kappa shape index (κ1) is 17.7. The number of ether oxygens (including phenoxy) is 3. The lowest BCUT2D eigenvalue weighted by molar-refractivity contribution is -0.122. The first-order valence-corrected chi connectivity index (χ1v) is 8.86. The molecular formula is C18H22N4O5. The number of nitrogens with zero attached hydrogens (tertiary/aromatic N) is 3. The van der Waals surface area contributed by atoms with Gasteiger partial charge in [0.1, 0.15) is 0 Å². The van der Waals surface area contributed by atoms with Crippen molar-refractivity contribution < 1.29 is 23.5 Å². The van der Waals surface area contributed by atoms with E-state index >= 15 is 0 Å². The molecule has 1 aromatic heterocycles. The van der Waals surface area contributed by atoms with Gasteiger partial charge in [0, 0.05) is 31.7 Å². The molecule has 9 heteroatoms. The van der Waals surface area contributed by atoms with Crippen molar-refractivity contribution in [3.8, 4) is 22.9 Å². The molecule has 1 saturated heterocycles. The van der Waals surface area contributed by atoms with E-state index in [1.807, 2.05) is 25.2 Å². The van der Waals surface area contributed by atoms with Crippen LogP contribution in [-0.2, 0) is 9.53 Å². The van der Waals surface area contributed by atoms with E-state index in [4.69, 9.17) is 18.7 Å². The first-order chi connectivity index (χ1) is 13.1. The van der Waals surface area contributed by atoms with Gasteiger partial charge >= 0.3 is 0 Å². The number of carbonyl (C=O) groups is 1. The van der Waals surface area contributed by atoms with Crippen molar-refractivity contribution in [3.05, 3.63) is 24.1 Å². The molecule has 1 N–H and O–H groups in total. The lowest BCUT2D eigenvalue weighted by Crippen LogP contribution is -2.36. The molecule has 9 nitrogen and oxygen atoms in total. The smallest absolute Gasteiger partial charge is 0.244 e. The minimum absolute atomic E-state index is 0.0116. The van der Waals surface area contributed by atoms with E-state index in [0.717, 1.165) is 18.5 Å². The zero-order chi connectivity index (χ0) is 18.8. The highest BCUT2D eigenvalue weighted by Gasteiger charge is 2.35. The van der Waals surface area contributed by atoms with E-state index in [2.05, 4.69) is 20.4 Å².